The average Bonchev–Trinajstić information content (AvgIpc) is 2.39. The molecule has 1 heteroatoms. The lowest BCUT2D eigenvalue weighted by Crippen LogP contribution is -2.50. The third-order valence-electron chi connectivity index (χ3n) is 6.70. The summed E-state index contributed by atoms with van der Waals surface area (Å²) in [5, 5.41) is 0. The van der Waals surface area contributed by atoms with Gasteiger partial charge in [0.2, 0.25) is 0 Å². The highest BCUT2D eigenvalue weighted by Crippen LogP contribution is 2.64. The lowest BCUT2D eigenvalue weighted by atomic mass is 9.66. The summed E-state index contributed by atoms with van der Waals surface area (Å²) in [6.07, 6.45) is 6.85. The zero-order valence-electron chi connectivity index (χ0n) is 12.2. The van der Waals surface area contributed by atoms with E-state index in [0.717, 1.165) is 17.8 Å². The molecule has 0 amide bonds. The molecule has 5 unspecified atom stereocenters. The molecule has 5 atom stereocenters. The smallest absolute Gasteiger partial charge is 0.0695 e. The van der Waals surface area contributed by atoms with Crippen LogP contribution in [0.2, 0.25) is 0 Å². The fourth-order valence-corrected chi connectivity index (χ4v) is 5.43. The van der Waals surface area contributed by atoms with E-state index in [0.29, 0.717) is 5.41 Å². The van der Waals surface area contributed by atoms with Crippen LogP contribution < -0.4 is 0 Å². The first-order chi connectivity index (χ1) is 7.78. The van der Waals surface area contributed by atoms with E-state index in [9.17, 15) is 0 Å². The van der Waals surface area contributed by atoms with Gasteiger partial charge in [0.05, 0.1) is 11.2 Å². The molecule has 2 saturated carbocycles. The van der Waals surface area contributed by atoms with Crippen molar-refractivity contribution in [2.24, 2.45) is 23.2 Å². The van der Waals surface area contributed by atoms with Gasteiger partial charge in [-0.3, -0.25) is 0 Å². The van der Waals surface area contributed by atoms with Crippen LogP contribution >= 0.6 is 0 Å². The largest absolute Gasteiger partial charge is 0.369 e. The molecule has 2 saturated heterocycles. The Morgan fingerprint density at radius 2 is 1.71 bits per heavy atom. The summed E-state index contributed by atoms with van der Waals surface area (Å²) in [5.41, 5.74) is 0.778. The predicted octanol–water partition coefficient (Wildman–Crippen LogP) is 4.41. The molecule has 2 heterocycles. The van der Waals surface area contributed by atoms with Crippen LogP contribution in [0.25, 0.3) is 0 Å². The van der Waals surface area contributed by atoms with E-state index in [-0.39, 0.29) is 11.2 Å². The zero-order chi connectivity index (χ0) is 12.5. The van der Waals surface area contributed by atoms with E-state index in [4.69, 9.17) is 4.74 Å². The number of fused-ring (bicyclic) bond motifs is 2. The maximum Gasteiger partial charge on any atom is 0.0695 e. The van der Waals surface area contributed by atoms with E-state index in [1.807, 2.05) is 0 Å². The van der Waals surface area contributed by atoms with Gasteiger partial charge in [-0.2, -0.15) is 0 Å². The molecule has 4 rings (SSSR count). The topological polar surface area (TPSA) is 9.23 Å². The Hall–Kier alpha value is -0.0400. The van der Waals surface area contributed by atoms with Crippen molar-refractivity contribution in [3.63, 3.8) is 0 Å². The zero-order valence-corrected chi connectivity index (χ0v) is 12.2. The van der Waals surface area contributed by atoms with Gasteiger partial charge in [0.25, 0.3) is 0 Å². The molecule has 2 aliphatic carbocycles. The summed E-state index contributed by atoms with van der Waals surface area (Å²) in [4.78, 5) is 0. The second-order valence-corrected chi connectivity index (χ2v) is 7.99. The predicted molar refractivity (Wildman–Crippen MR) is 70.9 cm³/mol. The van der Waals surface area contributed by atoms with Gasteiger partial charge in [-0.25, -0.2) is 0 Å². The van der Waals surface area contributed by atoms with Crippen molar-refractivity contribution in [2.75, 3.05) is 0 Å². The van der Waals surface area contributed by atoms with Crippen LogP contribution in [0.1, 0.15) is 66.7 Å². The molecule has 0 radical (unpaired) electrons. The van der Waals surface area contributed by atoms with Crippen LogP contribution in [0.5, 0.6) is 0 Å². The molecule has 0 aromatic rings. The maximum absolute atomic E-state index is 6.61. The van der Waals surface area contributed by atoms with Crippen molar-refractivity contribution >= 4 is 0 Å². The average molecular weight is 236 g/mol. The van der Waals surface area contributed by atoms with Crippen LogP contribution in [0.15, 0.2) is 0 Å². The van der Waals surface area contributed by atoms with Gasteiger partial charge in [0, 0.05) is 0 Å². The summed E-state index contributed by atoms with van der Waals surface area (Å²) in [7, 11) is 0. The molecule has 2 bridgehead atoms. The molecular weight excluding hydrogens is 208 g/mol. The number of hydrogen-bond acceptors (Lipinski definition) is 1. The van der Waals surface area contributed by atoms with Crippen LogP contribution in [0.4, 0.5) is 0 Å². The van der Waals surface area contributed by atoms with E-state index in [1.165, 1.54) is 32.1 Å². The van der Waals surface area contributed by atoms with Crippen LogP contribution in [-0.2, 0) is 4.74 Å². The minimum Gasteiger partial charge on any atom is -0.369 e. The first kappa shape index (κ1) is 12.0. The molecule has 4 fully saturated rings. The Morgan fingerprint density at radius 1 is 1.00 bits per heavy atom. The van der Waals surface area contributed by atoms with Gasteiger partial charge in [0.1, 0.15) is 0 Å². The summed E-state index contributed by atoms with van der Waals surface area (Å²) in [5.74, 6) is 2.44. The van der Waals surface area contributed by atoms with Crippen molar-refractivity contribution in [2.45, 2.75) is 77.9 Å². The normalized spacial score (nSPS) is 56.6. The SMILES string of the molecule is CC1CCC2C3(C)CCC(CC12C)C(C)(C)O3. The molecule has 98 valence electrons. The summed E-state index contributed by atoms with van der Waals surface area (Å²) in [6.45, 7) is 12.1. The van der Waals surface area contributed by atoms with Crippen LogP contribution in [0.3, 0.4) is 0 Å². The minimum absolute atomic E-state index is 0.0973. The van der Waals surface area contributed by atoms with Gasteiger partial charge >= 0.3 is 0 Å². The van der Waals surface area contributed by atoms with E-state index < -0.39 is 0 Å². The number of rotatable bonds is 0. The Kier molecular flexibility index (Phi) is 2.32. The molecule has 4 aliphatic rings. The minimum atomic E-state index is 0.0973. The summed E-state index contributed by atoms with van der Waals surface area (Å²) in [6, 6.07) is 0. The van der Waals surface area contributed by atoms with E-state index in [1.54, 1.807) is 0 Å². The second kappa shape index (κ2) is 3.29. The molecular formula is C16H28O. The third-order valence-corrected chi connectivity index (χ3v) is 6.70. The standard InChI is InChI=1S/C16H28O/c1-11-6-7-13-15(11,4)10-12-8-9-16(13,5)17-14(12,2)3/h11-13H,6-10H2,1-5H3. The lowest BCUT2D eigenvalue weighted by Gasteiger charge is -2.48. The first-order valence-electron chi connectivity index (χ1n) is 7.48. The Balaban J connectivity index is 2.06. The molecule has 0 aromatic heterocycles. The Morgan fingerprint density at radius 3 is 2.35 bits per heavy atom. The molecule has 1 nitrogen and oxygen atoms in total. The molecule has 2 aliphatic heterocycles. The number of hydrogen-bond donors (Lipinski definition) is 0. The van der Waals surface area contributed by atoms with E-state index >= 15 is 0 Å². The highest BCUT2D eigenvalue weighted by molar-refractivity contribution is 5.10. The lowest BCUT2D eigenvalue weighted by molar-refractivity contribution is -0.202. The van der Waals surface area contributed by atoms with Gasteiger partial charge in [-0.15, -0.1) is 0 Å². The summed E-state index contributed by atoms with van der Waals surface area (Å²) >= 11 is 0. The Labute approximate surface area is 106 Å². The molecule has 0 aromatic carbocycles. The van der Waals surface area contributed by atoms with Crippen molar-refractivity contribution in [3.05, 3.63) is 0 Å². The first-order valence-corrected chi connectivity index (χ1v) is 7.48. The second-order valence-electron chi connectivity index (χ2n) is 7.99. The van der Waals surface area contributed by atoms with Gasteiger partial charge in [-0.1, -0.05) is 13.8 Å². The monoisotopic (exact) mass is 236 g/mol. The quantitative estimate of drug-likeness (QED) is 0.605. The highest BCUT2D eigenvalue weighted by Gasteiger charge is 2.61. The van der Waals surface area contributed by atoms with Crippen LogP contribution in [-0.4, -0.2) is 11.2 Å². The molecule has 17 heavy (non-hydrogen) atoms. The van der Waals surface area contributed by atoms with Crippen molar-refractivity contribution in [1.29, 1.82) is 0 Å². The molecule has 0 spiro atoms. The maximum atomic E-state index is 6.61. The Bertz CT molecular complexity index is 334. The van der Waals surface area contributed by atoms with Crippen LogP contribution in [0, 0.1) is 23.2 Å². The van der Waals surface area contributed by atoms with Gasteiger partial charge in [0.15, 0.2) is 0 Å². The fraction of sp³-hybridized carbons (Fsp3) is 1.00. The fourth-order valence-electron chi connectivity index (χ4n) is 5.43. The van der Waals surface area contributed by atoms with E-state index in [2.05, 4.69) is 34.6 Å². The molecule has 0 N–H and O–H groups in total. The van der Waals surface area contributed by atoms with Gasteiger partial charge < -0.3 is 4.74 Å². The van der Waals surface area contributed by atoms with Crippen molar-refractivity contribution in [3.8, 4) is 0 Å². The van der Waals surface area contributed by atoms with Crippen molar-refractivity contribution in [1.82, 2.24) is 0 Å². The highest BCUT2D eigenvalue weighted by atomic mass is 16.5. The van der Waals surface area contributed by atoms with Crippen molar-refractivity contribution < 1.29 is 4.74 Å². The number of ether oxygens (including phenoxy) is 1. The summed E-state index contributed by atoms with van der Waals surface area (Å²) < 4.78 is 6.61. The van der Waals surface area contributed by atoms with Gasteiger partial charge in [-0.05, 0) is 76.0 Å². The third kappa shape index (κ3) is 1.47.